The molecule has 1 rings (SSSR count). The van der Waals surface area contributed by atoms with E-state index in [1.807, 2.05) is 12.1 Å². The highest BCUT2D eigenvalue weighted by atomic mass is 16.5. The Hall–Kier alpha value is -1.06. The Kier molecular flexibility index (Phi) is 6.67. The molecule has 3 heteroatoms. The highest BCUT2D eigenvalue weighted by molar-refractivity contribution is 5.26. The smallest absolute Gasteiger partial charge is 0.119 e. The topological polar surface area (TPSA) is 30.5 Å². The molecule has 0 radical (unpaired) electrons. The first-order valence-electron chi connectivity index (χ1n) is 6.19. The number of methoxy groups -OCH3 is 1. The molecule has 0 saturated heterocycles. The summed E-state index contributed by atoms with van der Waals surface area (Å²) in [4.78, 5) is 0. The number of hydrogen-bond acceptors (Lipinski definition) is 3. The van der Waals surface area contributed by atoms with Crippen LogP contribution < -0.4 is 10.1 Å². The van der Waals surface area contributed by atoms with Gasteiger partial charge in [-0.2, -0.15) is 0 Å². The van der Waals surface area contributed by atoms with Gasteiger partial charge in [0.15, 0.2) is 0 Å². The van der Waals surface area contributed by atoms with Crippen molar-refractivity contribution in [2.24, 2.45) is 0 Å². The van der Waals surface area contributed by atoms with E-state index >= 15 is 0 Å². The lowest BCUT2D eigenvalue weighted by Crippen LogP contribution is -2.32. The van der Waals surface area contributed by atoms with Crippen LogP contribution in [0.5, 0.6) is 5.75 Å². The maximum atomic E-state index is 5.90. The van der Waals surface area contributed by atoms with Crippen molar-refractivity contribution in [3.05, 3.63) is 29.8 Å². The molecule has 0 spiro atoms. The van der Waals surface area contributed by atoms with Gasteiger partial charge in [0.1, 0.15) is 11.9 Å². The lowest BCUT2D eigenvalue weighted by molar-refractivity contribution is 0.174. The Morgan fingerprint density at radius 2 is 1.94 bits per heavy atom. The van der Waals surface area contributed by atoms with Gasteiger partial charge < -0.3 is 14.8 Å². The maximum Gasteiger partial charge on any atom is 0.119 e. The highest BCUT2D eigenvalue weighted by Crippen LogP contribution is 2.14. The third kappa shape index (κ3) is 5.71. The number of rotatable bonds is 8. The molecule has 0 aliphatic rings. The van der Waals surface area contributed by atoms with Crippen molar-refractivity contribution in [3.8, 4) is 5.75 Å². The summed E-state index contributed by atoms with van der Waals surface area (Å²) < 4.78 is 10.9. The lowest BCUT2D eigenvalue weighted by atomic mass is 10.2. The van der Waals surface area contributed by atoms with Crippen LogP contribution in [0.1, 0.15) is 18.9 Å². The quantitative estimate of drug-likeness (QED) is 0.704. The van der Waals surface area contributed by atoms with E-state index in [1.165, 1.54) is 5.56 Å². The second kappa shape index (κ2) is 8.09. The number of benzene rings is 1. The molecule has 96 valence electrons. The Bertz CT molecular complexity index is 298. The van der Waals surface area contributed by atoms with Crippen LogP contribution in [0.3, 0.4) is 0 Å². The van der Waals surface area contributed by atoms with Gasteiger partial charge in [-0.25, -0.2) is 0 Å². The summed E-state index contributed by atoms with van der Waals surface area (Å²) in [5.41, 5.74) is 1.25. The van der Waals surface area contributed by atoms with E-state index in [4.69, 9.17) is 9.47 Å². The SMILES string of the molecule is CCC(CNCCOC)Oc1ccc(C)cc1. The molecule has 1 aromatic rings. The molecule has 17 heavy (non-hydrogen) atoms. The average molecular weight is 237 g/mol. The van der Waals surface area contributed by atoms with Crippen LogP contribution in [0.25, 0.3) is 0 Å². The van der Waals surface area contributed by atoms with Crippen molar-refractivity contribution >= 4 is 0 Å². The zero-order valence-electron chi connectivity index (χ0n) is 11.0. The number of ether oxygens (including phenoxy) is 2. The van der Waals surface area contributed by atoms with E-state index in [0.717, 1.165) is 31.9 Å². The summed E-state index contributed by atoms with van der Waals surface area (Å²) in [7, 11) is 1.71. The minimum Gasteiger partial charge on any atom is -0.489 e. The average Bonchev–Trinajstić information content (AvgIpc) is 2.35. The maximum absolute atomic E-state index is 5.90. The predicted octanol–water partition coefficient (Wildman–Crippen LogP) is 2.39. The zero-order chi connectivity index (χ0) is 12.5. The van der Waals surface area contributed by atoms with Crippen molar-refractivity contribution < 1.29 is 9.47 Å². The largest absolute Gasteiger partial charge is 0.489 e. The van der Waals surface area contributed by atoms with Gasteiger partial charge in [-0.3, -0.25) is 0 Å². The second-order valence-corrected chi connectivity index (χ2v) is 4.16. The Labute approximate surface area is 104 Å². The fourth-order valence-corrected chi connectivity index (χ4v) is 1.52. The molecule has 0 aromatic heterocycles. The minimum atomic E-state index is 0.217. The Balaban J connectivity index is 2.33. The molecular formula is C14H23NO2. The molecule has 3 nitrogen and oxygen atoms in total. The van der Waals surface area contributed by atoms with Gasteiger partial charge in [0.2, 0.25) is 0 Å². The van der Waals surface area contributed by atoms with Gasteiger partial charge >= 0.3 is 0 Å². The van der Waals surface area contributed by atoms with Gasteiger partial charge in [-0.15, -0.1) is 0 Å². The summed E-state index contributed by atoms with van der Waals surface area (Å²) in [6.45, 7) is 6.67. The first kappa shape index (κ1) is 14.0. The molecule has 0 aliphatic heterocycles. The third-order valence-electron chi connectivity index (χ3n) is 2.63. The van der Waals surface area contributed by atoms with Crippen LogP contribution in [-0.4, -0.2) is 32.9 Å². The number of aryl methyl sites for hydroxylation is 1. The lowest BCUT2D eigenvalue weighted by Gasteiger charge is -2.18. The highest BCUT2D eigenvalue weighted by Gasteiger charge is 2.07. The summed E-state index contributed by atoms with van der Waals surface area (Å²) >= 11 is 0. The van der Waals surface area contributed by atoms with Gasteiger partial charge in [0, 0.05) is 20.2 Å². The van der Waals surface area contributed by atoms with Crippen LogP contribution in [0.2, 0.25) is 0 Å². The Morgan fingerprint density at radius 3 is 2.53 bits per heavy atom. The molecule has 0 bridgehead atoms. The molecule has 0 aliphatic carbocycles. The van der Waals surface area contributed by atoms with E-state index in [2.05, 4.69) is 31.3 Å². The monoisotopic (exact) mass is 237 g/mol. The zero-order valence-corrected chi connectivity index (χ0v) is 11.0. The Morgan fingerprint density at radius 1 is 1.24 bits per heavy atom. The van der Waals surface area contributed by atoms with Crippen molar-refractivity contribution in [2.45, 2.75) is 26.4 Å². The fraction of sp³-hybridized carbons (Fsp3) is 0.571. The summed E-state index contributed by atoms with van der Waals surface area (Å²) in [5.74, 6) is 0.941. The van der Waals surface area contributed by atoms with Crippen molar-refractivity contribution in [1.29, 1.82) is 0 Å². The van der Waals surface area contributed by atoms with E-state index in [-0.39, 0.29) is 6.10 Å². The normalized spacial score (nSPS) is 12.4. The third-order valence-corrected chi connectivity index (χ3v) is 2.63. The first-order valence-corrected chi connectivity index (χ1v) is 6.19. The van der Waals surface area contributed by atoms with Crippen LogP contribution in [-0.2, 0) is 4.74 Å². The number of nitrogens with one attached hydrogen (secondary N) is 1. The number of hydrogen-bond donors (Lipinski definition) is 1. The molecule has 0 fully saturated rings. The first-order chi connectivity index (χ1) is 8.26. The molecule has 1 atom stereocenters. The molecule has 1 aromatic carbocycles. The molecular weight excluding hydrogens is 214 g/mol. The molecule has 1 N–H and O–H groups in total. The van der Waals surface area contributed by atoms with Crippen molar-refractivity contribution in [2.75, 3.05) is 26.8 Å². The summed E-state index contributed by atoms with van der Waals surface area (Å²) in [6, 6.07) is 8.18. The summed E-state index contributed by atoms with van der Waals surface area (Å²) in [6.07, 6.45) is 1.21. The van der Waals surface area contributed by atoms with E-state index < -0.39 is 0 Å². The van der Waals surface area contributed by atoms with Crippen LogP contribution in [0.4, 0.5) is 0 Å². The molecule has 1 unspecified atom stereocenters. The van der Waals surface area contributed by atoms with E-state index in [1.54, 1.807) is 7.11 Å². The summed E-state index contributed by atoms with van der Waals surface area (Å²) in [5, 5.41) is 3.32. The van der Waals surface area contributed by atoms with E-state index in [0.29, 0.717) is 0 Å². The van der Waals surface area contributed by atoms with Crippen molar-refractivity contribution in [1.82, 2.24) is 5.32 Å². The van der Waals surface area contributed by atoms with Gasteiger partial charge in [0.05, 0.1) is 6.61 Å². The van der Waals surface area contributed by atoms with Gasteiger partial charge in [-0.1, -0.05) is 24.6 Å². The predicted molar refractivity (Wildman–Crippen MR) is 70.6 cm³/mol. The molecule has 0 heterocycles. The van der Waals surface area contributed by atoms with Gasteiger partial charge in [-0.05, 0) is 25.5 Å². The minimum absolute atomic E-state index is 0.217. The van der Waals surface area contributed by atoms with Crippen LogP contribution in [0.15, 0.2) is 24.3 Å². The van der Waals surface area contributed by atoms with Gasteiger partial charge in [0.25, 0.3) is 0 Å². The standard InChI is InChI=1S/C14H23NO2/c1-4-13(11-15-9-10-16-3)17-14-7-5-12(2)6-8-14/h5-8,13,15H,4,9-11H2,1-3H3. The van der Waals surface area contributed by atoms with Crippen LogP contribution in [0, 0.1) is 6.92 Å². The van der Waals surface area contributed by atoms with E-state index in [9.17, 15) is 0 Å². The van der Waals surface area contributed by atoms with Crippen molar-refractivity contribution in [3.63, 3.8) is 0 Å². The fourth-order valence-electron chi connectivity index (χ4n) is 1.52. The van der Waals surface area contributed by atoms with Crippen LogP contribution >= 0.6 is 0 Å². The molecule has 0 saturated carbocycles. The molecule has 0 amide bonds. The second-order valence-electron chi connectivity index (χ2n) is 4.16.